The van der Waals surface area contributed by atoms with Crippen LogP contribution in [0.2, 0.25) is 0 Å². The van der Waals surface area contributed by atoms with Gasteiger partial charge < -0.3 is 10.6 Å². The van der Waals surface area contributed by atoms with Crippen LogP contribution in [0.25, 0.3) is 0 Å². The molecule has 0 aliphatic carbocycles. The summed E-state index contributed by atoms with van der Waals surface area (Å²) in [4.78, 5) is 11.1. The average molecular weight is 321 g/mol. The monoisotopic (exact) mass is 320 g/mol. The lowest BCUT2D eigenvalue weighted by atomic mass is 10.1. The van der Waals surface area contributed by atoms with Crippen molar-refractivity contribution in [1.29, 1.82) is 0 Å². The molecule has 0 amide bonds. The highest BCUT2D eigenvalue weighted by atomic mass is 32.1. The first-order valence-corrected chi connectivity index (χ1v) is 9.46. The largest absolute Gasteiger partial charge is 0.370 e. The zero-order valence-electron chi connectivity index (χ0n) is 13.6. The SMILES string of the molecule is CC(CN=C(N)N1CCCCCC1)N1CCc2sccc2C1. The van der Waals surface area contributed by atoms with E-state index in [4.69, 9.17) is 5.73 Å². The molecule has 1 saturated heterocycles. The van der Waals surface area contributed by atoms with Crippen molar-refractivity contribution in [2.75, 3.05) is 26.2 Å². The molecule has 0 spiro atoms. The van der Waals surface area contributed by atoms with E-state index in [1.807, 2.05) is 11.3 Å². The van der Waals surface area contributed by atoms with E-state index in [9.17, 15) is 0 Å². The Morgan fingerprint density at radius 1 is 1.27 bits per heavy atom. The maximum absolute atomic E-state index is 6.21. The molecule has 5 heteroatoms. The van der Waals surface area contributed by atoms with Crippen molar-refractivity contribution >= 4 is 17.3 Å². The molecule has 0 aromatic carbocycles. The summed E-state index contributed by atoms with van der Waals surface area (Å²) in [6, 6.07) is 2.73. The number of guanidine groups is 1. The van der Waals surface area contributed by atoms with Crippen LogP contribution in [0.15, 0.2) is 16.4 Å². The fourth-order valence-corrected chi connectivity index (χ4v) is 4.28. The first-order valence-electron chi connectivity index (χ1n) is 8.58. The third kappa shape index (κ3) is 3.82. The maximum atomic E-state index is 6.21. The predicted octanol–water partition coefficient (Wildman–Crippen LogP) is 2.69. The summed E-state index contributed by atoms with van der Waals surface area (Å²) in [5.41, 5.74) is 7.72. The molecular formula is C17H28N4S. The quantitative estimate of drug-likeness (QED) is 0.688. The average Bonchev–Trinajstić information content (AvgIpc) is 2.83. The van der Waals surface area contributed by atoms with Gasteiger partial charge in [-0.3, -0.25) is 9.89 Å². The third-order valence-corrected chi connectivity index (χ3v) is 5.93. The standard InChI is InChI=1S/C17H28N4S/c1-14(21-10-6-16-15(13-21)7-11-22-16)12-19-17(18)20-8-4-2-3-5-9-20/h7,11,14H,2-6,8-10,12-13H2,1H3,(H2,18,19). The van der Waals surface area contributed by atoms with Crippen LogP contribution in [0.3, 0.4) is 0 Å². The van der Waals surface area contributed by atoms with Crippen LogP contribution in [0.5, 0.6) is 0 Å². The zero-order valence-corrected chi connectivity index (χ0v) is 14.4. The van der Waals surface area contributed by atoms with Gasteiger partial charge in [-0.05, 0) is 43.2 Å². The van der Waals surface area contributed by atoms with Crippen molar-refractivity contribution < 1.29 is 0 Å². The Labute approximate surface area is 138 Å². The summed E-state index contributed by atoms with van der Waals surface area (Å²) in [7, 11) is 0. The van der Waals surface area contributed by atoms with E-state index in [-0.39, 0.29) is 0 Å². The molecule has 0 radical (unpaired) electrons. The number of hydrogen-bond acceptors (Lipinski definition) is 3. The molecule has 1 aromatic rings. The van der Waals surface area contributed by atoms with Gasteiger partial charge >= 0.3 is 0 Å². The Morgan fingerprint density at radius 2 is 2.05 bits per heavy atom. The minimum Gasteiger partial charge on any atom is -0.370 e. The van der Waals surface area contributed by atoms with Gasteiger partial charge in [0.25, 0.3) is 0 Å². The van der Waals surface area contributed by atoms with Gasteiger partial charge in [0.2, 0.25) is 0 Å². The molecule has 0 bridgehead atoms. The predicted molar refractivity (Wildman–Crippen MR) is 94.4 cm³/mol. The van der Waals surface area contributed by atoms with Crippen molar-refractivity contribution in [3.63, 3.8) is 0 Å². The summed E-state index contributed by atoms with van der Waals surface area (Å²) in [6.07, 6.45) is 6.34. The highest BCUT2D eigenvalue weighted by Gasteiger charge is 2.21. The molecule has 3 heterocycles. The van der Waals surface area contributed by atoms with Crippen LogP contribution in [0.1, 0.15) is 43.0 Å². The van der Waals surface area contributed by atoms with Gasteiger partial charge in [-0.15, -0.1) is 11.3 Å². The molecule has 0 saturated carbocycles. The van der Waals surface area contributed by atoms with Crippen molar-refractivity contribution in [3.05, 3.63) is 21.9 Å². The Balaban J connectivity index is 1.53. The van der Waals surface area contributed by atoms with Crippen LogP contribution >= 0.6 is 11.3 Å². The number of fused-ring (bicyclic) bond motifs is 1. The van der Waals surface area contributed by atoms with Gasteiger partial charge in [0.05, 0.1) is 6.54 Å². The number of nitrogens with zero attached hydrogens (tertiary/aromatic N) is 3. The molecule has 1 unspecified atom stereocenters. The Morgan fingerprint density at radius 3 is 2.82 bits per heavy atom. The molecule has 2 aliphatic heterocycles. The van der Waals surface area contributed by atoms with E-state index >= 15 is 0 Å². The van der Waals surface area contributed by atoms with Crippen molar-refractivity contribution in [3.8, 4) is 0 Å². The normalized spacial score (nSPS) is 22.2. The second kappa shape index (κ2) is 7.47. The molecule has 22 heavy (non-hydrogen) atoms. The summed E-state index contributed by atoms with van der Waals surface area (Å²) < 4.78 is 0. The molecule has 122 valence electrons. The molecule has 1 atom stereocenters. The lowest BCUT2D eigenvalue weighted by Gasteiger charge is -2.32. The number of aliphatic imine (C=N–C) groups is 1. The van der Waals surface area contributed by atoms with Gasteiger partial charge in [0.15, 0.2) is 5.96 Å². The van der Waals surface area contributed by atoms with Crippen molar-refractivity contribution in [2.24, 2.45) is 10.7 Å². The minimum atomic E-state index is 0.457. The topological polar surface area (TPSA) is 44.9 Å². The van der Waals surface area contributed by atoms with Crippen LogP contribution < -0.4 is 5.73 Å². The van der Waals surface area contributed by atoms with E-state index < -0.39 is 0 Å². The molecule has 1 aromatic heterocycles. The summed E-state index contributed by atoms with van der Waals surface area (Å²) in [5, 5.41) is 2.22. The highest BCUT2D eigenvalue weighted by molar-refractivity contribution is 7.10. The summed E-state index contributed by atoms with van der Waals surface area (Å²) in [6.45, 7) is 7.45. The van der Waals surface area contributed by atoms with Crippen LogP contribution in [-0.2, 0) is 13.0 Å². The summed E-state index contributed by atoms with van der Waals surface area (Å²) in [5.74, 6) is 0.752. The van der Waals surface area contributed by atoms with E-state index in [0.717, 1.165) is 38.7 Å². The van der Waals surface area contributed by atoms with Gasteiger partial charge in [0.1, 0.15) is 0 Å². The number of rotatable bonds is 3. The first kappa shape index (κ1) is 15.8. The fraction of sp³-hybridized carbons (Fsp3) is 0.706. The smallest absolute Gasteiger partial charge is 0.191 e. The Hall–Kier alpha value is -1.07. The number of nitrogens with two attached hydrogens (primary N) is 1. The highest BCUT2D eigenvalue weighted by Crippen LogP contribution is 2.25. The number of thiophene rings is 1. The summed E-state index contributed by atoms with van der Waals surface area (Å²) >= 11 is 1.90. The van der Waals surface area contributed by atoms with E-state index in [1.54, 1.807) is 4.88 Å². The van der Waals surface area contributed by atoms with Crippen LogP contribution in [0.4, 0.5) is 0 Å². The van der Waals surface area contributed by atoms with Crippen LogP contribution in [-0.4, -0.2) is 48.0 Å². The van der Waals surface area contributed by atoms with Gasteiger partial charge in [-0.2, -0.15) is 0 Å². The second-order valence-corrected chi connectivity index (χ2v) is 7.54. The molecule has 2 aliphatic rings. The lowest BCUT2D eigenvalue weighted by molar-refractivity contribution is 0.196. The number of likely N-dealkylation sites (tertiary alicyclic amines) is 1. The maximum Gasteiger partial charge on any atom is 0.191 e. The Bertz CT molecular complexity index is 503. The van der Waals surface area contributed by atoms with E-state index in [1.165, 1.54) is 37.7 Å². The molecule has 3 rings (SSSR count). The van der Waals surface area contributed by atoms with Gasteiger partial charge in [-0.25, -0.2) is 0 Å². The fourth-order valence-electron chi connectivity index (χ4n) is 3.39. The van der Waals surface area contributed by atoms with E-state index in [0.29, 0.717) is 6.04 Å². The van der Waals surface area contributed by atoms with Gasteiger partial charge in [-0.1, -0.05) is 12.8 Å². The first-order chi connectivity index (χ1) is 10.7. The minimum absolute atomic E-state index is 0.457. The van der Waals surface area contributed by atoms with Crippen LogP contribution in [0, 0.1) is 0 Å². The molecular weight excluding hydrogens is 292 g/mol. The van der Waals surface area contributed by atoms with Gasteiger partial charge in [0, 0.05) is 37.1 Å². The van der Waals surface area contributed by atoms with Crippen molar-refractivity contribution in [2.45, 2.75) is 51.6 Å². The molecule has 1 fully saturated rings. The number of hydrogen-bond donors (Lipinski definition) is 1. The Kier molecular flexibility index (Phi) is 5.37. The van der Waals surface area contributed by atoms with Crippen molar-refractivity contribution in [1.82, 2.24) is 9.80 Å². The third-order valence-electron chi connectivity index (χ3n) is 4.91. The molecule has 2 N–H and O–H groups in total. The van der Waals surface area contributed by atoms with E-state index in [2.05, 4.69) is 33.2 Å². The zero-order chi connectivity index (χ0) is 15.4. The molecule has 4 nitrogen and oxygen atoms in total. The lowest BCUT2D eigenvalue weighted by Crippen LogP contribution is -2.41. The second-order valence-electron chi connectivity index (χ2n) is 6.54.